The normalized spacial score (nSPS) is 4.67. The molecule has 0 saturated heterocycles. The van der Waals surface area contributed by atoms with Crippen LogP contribution in [-0.2, 0) is 0 Å². The first-order valence-corrected chi connectivity index (χ1v) is 1.43. The highest BCUT2D eigenvalue weighted by atomic mass is 19.1. The van der Waals surface area contributed by atoms with Crippen LogP contribution in [0.5, 0.6) is 0 Å². The first-order valence-electron chi connectivity index (χ1n) is 1.43. The molecule has 1 heteroatoms. The maximum absolute atomic E-state index is 10.7. The SMILES string of the molecule is C#CCC#CF. The lowest BCUT2D eigenvalue weighted by molar-refractivity contribution is 0.772. The summed E-state index contributed by atoms with van der Waals surface area (Å²) in [4.78, 5) is 0. The fourth-order valence-corrected chi connectivity index (χ4v) is 0.0844. The molecule has 0 atom stereocenters. The van der Waals surface area contributed by atoms with Crippen molar-refractivity contribution in [2.24, 2.45) is 0 Å². The van der Waals surface area contributed by atoms with Gasteiger partial charge in [0.1, 0.15) is 6.17 Å². The number of terminal acetylenes is 1. The molecule has 0 N–H and O–H groups in total. The first kappa shape index (κ1) is 5.05. The van der Waals surface area contributed by atoms with Crippen molar-refractivity contribution in [3.8, 4) is 24.4 Å². The molecule has 0 unspecified atom stereocenters. The summed E-state index contributed by atoms with van der Waals surface area (Å²) in [6.07, 6.45) is 6.08. The van der Waals surface area contributed by atoms with Gasteiger partial charge in [-0.2, -0.15) is 0 Å². The van der Waals surface area contributed by atoms with Crippen LogP contribution in [0.2, 0.25) is 0 Å². The summed E-state index contributed by atoms with van der Waals surface area (Å²) >= 11 is 0. The molecule has 0 bridgehead atoms. The second-order valence-electron chi connectivity index (χ2n) is 0.652. The second kappa shape index (κ2) is 4.05. The van der Waals surface area contributed by atoms with E-state index in [1.165, 1.54) is 6.17 Å². The Bertz CT molecular complexity index is 108. The highest BCUT2D eigenvalue weighted by molar-refractivity contribution is 5.02. The van der Waals surface area contributed by atoms with E-state index in [0.29, 0.717) is 0 Å². The number of hydrogen-bond acceptors (Lipinski definition) is 0. The topological polar surface area (TPSA) is 0 Å². The van der Waals surface area contributed by atoms with Crippen LogP contribution in [-0.4, -0.2) is 0 Å². The molecule has 0 spiro atoms. The van der Waals surface area contributed by atoms with E-state index in [1.807, 2.05) is 5.92 Å². The molecule has 0 aliphatic carbocycles. The number of halogens is 1. The van der Waals surface area contributed by atoms with Gasteiger partial charge in [-0.25, -0.2) is 0 Å². The molecule has 0 fully saturated rings. The van der Waals surface area contributed by atoms with Crippen molar-refractivity contribution < 1.29 is 4.39 Å². The summed E-state index contributed by atoms with van der Waals surface area (Å²) in [5.41, 5.74) is 0. The van der Waals surface area contributed by atoms with E-state index in [0.717, 1.165) is 0 Å². The summed E-state index contributed by atoms with van der Waals surface area (Å²) in [5.74, 6) is 4.20. The lowest BCUT2D eigenvalue weighted by Crippen LogP contribution is -1.50. The van der Waals surface area contributed by atoms with E-state index >= 15 is 0 Å². The third kappa shape index (κ3) is 3.05. The standard InChI is InChI=1S/C5H3F/c1-2-3-4-5-6/h1H,3H2. The quantitative estimate of drug-likeness (QED) is 0.381. The van der Waals surface area contributed by atoms with Crippen molar-refractivity contribution in [2.75, 3.05) is 0 Å². The van der Waals surface area contributed by atoms with Gasteiger partial charge in [-0.1, -0.05) is 11.8 Å². The zero-order valence-corrected chi connectivity index (χ0v) is 3.16. The van der Waals surface area contributed by atoms with E-state index in [9.17, 15) is 4.39 Å². The summed E-state index contributed by atoms with van der Waals surface area (Å²) in [5, 5.41) is 0. The van der Waals surface area contributed by atoms with Crippen LogP contribution < -0.4 is 0 Å². The summed E-state index contributed by atoms with van der Waals surface area (Å²) < 4.78 is 10.7. The van der Waals surface area contributed by atoms with Crippen molar-refractivity contribution in [3.63, 3.8) is 0 Å². The zero-order valence-electron chi connectivity index (χ0n) is 3.16. The van der Waals surface area contributed by atoms with Gasteiger partial charge in [-0.3, -0.25) is 0 Å². The summed E-state index contributed by atoms with van der Waals surface area (Å²) in [6.45, 7) is 0. The molecular formula is C5H3F. The molecule has 0 aromatic rings. The fraction of sp³-hybridized carbons (Fsp3) is 0.200. The number of hydrogen-bond donors (Lipinski definition) is 0. The van der Waals surface area contributed by atoms with E-state index in [-0.39, 0.29) is 6.42 Å². The molecule has 0 aromatic heterocycles. The van der Waals surface area contributed by atoms with E-state index in [4.69, 9.17) is 6.42 Å². The Morgan fingerprint density at radius 3 is 2.50 bits per heavy atom. The maximum Gasteiger partial charge on any atom is 0.106 e. The molecule has 30 valence electrons. The Morgan fingerprint density at radius 2 is 2.33 bits per heavy atom. The van der Waals surface area contributed by atoms with Crippen LogP contribution in [0, 0.1) is 24.4 Å². The molecule has 0 amide bonds. The molecule has 0 heterocycles. The Kier molecular flexibility index (Phi) is 3.41. The average molecular weight is 82.1 g/mol. The fourth-order valence-electron chi connectivity index (χ4n) is 0.0844. The van der Waals surface area contributed by atoms with Gasteiger partial charge in [0.25, 0.3) is 0 Å². The Morgan fingerprint density at radius 1 is 1.67 bits per heavy atom. The largest absolute Gasteiger partial charge is 0.144 e. The van der Waals surface area contributed by atoms with E-state index < -0.39 is 0 Å². The zero-order chi connectivity index (χ0) is 4.83. The average Bonchev–Trinajstić information content (AvgIpc) is 1.61. The Balaban J connectivity index is 3.07. The maximum atomic E-state index is 10.7. The minimum atomic E-state index is 0.205. The third-order valence-corrected chi connectivity index (χ3v) is 0.257. The van der Waals surface area contributed by atoms with Gasteiger partial charge in [0.2, 0.25) is 0 Å². The third-order valence-electron chi connectivity index (χ3n) is 0.257. The highest BCUT2D eigenvalue weighted by Crippen LogP contribution is 1.65. The highest BCUT2D eigenvalue weighted by Gasteiger charge is 1.57. The van der Waals surface area contributed by atoms with Crippen LogP contribution in [0.25, 0.3) is 0 Å². The monoisotopic (exact) mass is 82.0 g/mol. The van der Waals surface area contributed by atoms with Crippen LogP contribution >= 0.6 is 0 Å². The smallest absolute Gasteiger partial charge is 0.106 e. The van der Waals surface area contributed by atoms with Gasteiger partial charge < -0.3 is 0 Å². The molecule has 0 saturated carbocycles. The van der Waals surface area contributed by atoms with Crippen molar-refractivity contribution in [1.82, 2.24) is 0 Å². The lowest BCUT2D eigenvalue weighted by Gasteiger charge is -1.57. The predicted molar refractivity (Wildman–Crippen MR) is 22.3 cm³/mol. The van der Waals surface area contributed by atoms with E-state index in [1.54, 1.807) is 0 Å². The van der Waals surface area contributed by atoms with Gasteiger partial charge in [0.15, 0.2) is 0 Å². The van der Waals surface area contributed by atoms with Gasteiger partial charge in [0.05, 0.1) is 6.42 Å². The molecule has 0 aliphatic rings. The molecule has 0 nitrogen and oxygen atoms in total. The molecule has 0 aromatic carbocycles. The molecule has 0 radical (unpaired) electrons. The molecular weight excluding hydrogens is 79.1 g/mol. The minimum absolute atomic E-state index is 0.205. The molecule has 6 heavy (non-hydrogen) atoms. The molecule has 0 aliphatic heterocycles. The summed E-state index contributed by atoms with van der Waals surface area (Å²) in [7, 11) is 0. The summed E-state index contributed by atoms with van der Waals surface area (Å²) in [6, 6.07) is 0. The first-order chi connectivity index (χ1) is 2.91. The lowest BCUT2D eigenvalue weighted by atomic mass is 10.5. The van der Waals surface area contributed by atoms with Crippen molar-refractivity contribution in [1.29, 1.82) is 0 Å². The Labute approximate surface area is 36.4 Å². The van der Waals surface area contributed by atoms with Crippen molar-refractivity contribution >= 4 is 0 Å². The minimum Gasteiger partial charge on any atom is -0.144 e. The Hall–Kier alpha value is -0.950. The van der Waals surface area contributed by atoms with Crippen LogP contribution in [0.3, 0.4) is 0 Å². The molecule has 0 rings (SSSR count). The van der Waals surface area contributed by atoms with Gasteiger partial charge >= 0.3 is 0 Å². The van der Waals surface area contributed by atoms with E-state index in [2.05, 4.69) is 5.92 Å². The van der Waals surface area contributed by atoms with Gasteiger partial charge in [-0.15, -0.1) is 10.8 Å². The van der Waals surface area contributed by atoms with Gasteiger partial charge in [-0.05, 0) is 0 Å². The van der Waals surface area contributed by atoms with Crippen LogP contribution in [0.15, 0.2) is 0 Å². The number of rotatable bonds is 0. The van der Waals surface area contributed by atoms with Crippen molar-refractivity contribution in [3.05, 3.63) is 0 Å². The second-order valence-corrected chi connectivity index (χ2v) is 0.652. The van der Waals surface area contributed by atoms with Crippen molar-refractivity contribution in [2.45, 2.75) is 6.42 Å². The van der Waals surface area contributed by atoms with Crippen LogP contribution in [0.1, 0.15) is 6.42 Å². The predicted octanol–water partition coefficient (Wildman–Crippen LogP) is 0.940. The van der Waals surface area contributed by atoms with Gasteiger partial charge in [0, 0.05) is 0 Å². The van der Waals surface area contributed by atoms with Crippen LogP contribution in [0.4, 0.5) is 4.39 Å².